The first-order valence-corrected chi connectivity index (χ1v) is 8.62. The summed E-state index contributed by atoms with van der Waals surface area (Å²) in [6.45, 7) is 0. The highest BCUT2D eigenvalue weighted by Gasteiger charge is 2.41. The van der Waals surface area contributed by atoms with Crippen LogP contribution in [0, 0.1) is 11.3 Å². The normalized spacial score (nSPS) is 11.4. The van der Waals surface area contributed by atoms with Crippen molar-refractivity contribution in [2.24, 2.45) is 0 Å². The van der Waals surface area contributed by atoms with Crippen LogP contribution in [0.4, 0.5) is 13.2 Å². The maximum absolute atomic E-state index is 13.5. The molecule has 0 N–H and O–H groups in total. The van der Waals surface area contributed by atoms with Crippen LogP contribution in [-0.2, 0) is 6.18 Å². The number of hydrogen-bond acceptors (Lipinski definition) is 4. The lowest BCUT2D eigenvalue weighted by molar-refractivity contribution is -0.154. The van der Waals surface area contributed by atoms with Crippen molar-refractivity contribution in [3.63, 3.8) is 0 Å². The quantitative estimate of drug-likeness (QED) is 0.429. The Bertz CT molecular complexity index is 1200. The summed E-state index contributed by atoms with van der Waals surface area (Å²) in [7, 11) is 0. The molecule has 4 rings (SSSR count). The fraction of sp³-hybridized carbons (Fsp3) is 0.0500. The second-order valence-corrected chi connectivity index (χ2v) is 6.50. The molecule has 0 aliphatic heterocycles. The first kappa shape index (κ1) is 18.8. The van der Waals surface area contributed by atoms with Gasteiger partial charge in [-0.2, -0.15) is 18.4 Å². The molecular weight excluding hydrogens is 405 g/mol. The Morgan fingerprint density at radius 2 is 1.72 bits per heavy atom. The van der Waals surface area contributed by atoms with E-state index in [0.717, 1.165) is 0 Å². The Kier molecular flexibility index (Phi) is 4.60. The summed E-state index contributed by atoms with van der Waals surface area (Å²) in [5.41, 5.74) is 1.33. The molecule has 0 radical (unpaired) electrons. The smallest absolute Gasteiger partial charge is 0.350 e. The molecular formula is C20H10ClF3N4O. The molecule has 2 heterocycles. The first-order valence-electron chi connectivity index (χ1n) is 8.24. The van der Waals surface area contributed by atoms with Gasteiger partial charge >= 0.3 is 6.18 Å². The summed E-state index contributed by atoms with van der Waals surface area (Å²) in [5.74, 6) is -1.23. The molecule has 0 atom stereocenters. The number of halogens is 4. The van der Waals surface area contributed by atoms with Crippen molar-refractivity contribution in [2.45, 2.75) is 6.18 Å². The Balaban J connectivity index is 1.83. The minimum Gasteiger partial charge on any atom is -0.350 e. The van der Waals surface area contributed by atoms with Gasteiger partial charge in [0.2, 0.25) is 5.76 Å². The number of imidazole rings is 1. The lowest BCUT2D eigenvalue weighted by Crippen LogP contribution is -2.05. The van der Waals surface area contributed by atoms with Crippen LogP contribution in [0.1, 0.15) is 11.3 Å². The number of nitrogens with zero attached hydrogens (tertiary/aromatic N) is 4. The van der Waals surface area contributed by atoms with E-state index >= 15 is 0 Å². The van der Waals surface area contributed by atoms with Crippen molar-refractivity contribution < 1.29 is 17.7 Å². The standard InChI is InChI=1S/C20H10ClF3N4O/c21-14-5-3-13(4-6-14)18-17(19(29-27-18)20(22,23)24)16-10-28(11-26-16)15-7-1-12(9-25)2-8-15/h1-8,10-11H. The summed E-state index contributed by atoms with van der Waals surface area (Å²) in [6, 6.07) is 14.8. The van der Waals surface area contributed by atoms with Crippen molar-refractivity contribution in [1.29, 1.82) is 5.26 Å². The number of hydrogen-bond donors (Lipinski definition) is 0. The number of aromatic nitrogens is 3. The van der Waals surface area contributed by atoms with Crippen LogP contribution in [-0.4, -0.2) is 14.7 Å². The Labute approximate surface area is 167 Å². The van der Waals surface area contributed by atoms with Crippen LogP contribution < -0.4 is 0 Å². The van der Waals surface area contributed by atoms with Crippen LogP contribution in [0.25, 0.3) is 28.2 Å². The van der Waals surface area contributed by atoms with Crippen molar-refractivity contribution in [2.75, 3.05) is 0 Å². The zero-order chi connectivity index (χ0) is 20.6. The SMILES string of the molecule is N#Cc1ccc(-n2cnc(-c3c(-c4ccc(Cl)cc4)noc3C(F)(F)F)c2)cc1. The summed E-state index contributed by atoms with van der Waals surface area (Å²) >= 11 is 5.87. The van der Waals surface area contributed by atoms with E-state index < -0.39 is 11.9 Å². The maximum Gasteiger partial charge on any atom is 0.453 e. The predicted molar refractivity (Wildman–Crippen MR) is 99.2 cm³/mol. The van der Waals surface area contributed by atoms with Gasteiger partial charge in [-0.05, 0) is 36.4 Å². The Morgan fingerprint density at radius 3 is 2.34 bits per heavy atom. The average molecular weight is 415 g/mol. The van der Waals surface area contributed by atoms with E-state index in [0.29, 0.717) is 21.8 Å². The van der Waals surface area contributed by atoms with Crippen molar-refractivity contribution in [1.82, 2.24) is 14.7 Å². The van der Waals surface area contributed by atoms with E-state index in [2.05, 4.69) is 14.7 Å². The molecule has 4 aromatic rings. The van der Waals surface area contributed by atoms with Gasteiger partial charge in [-0.3, -0.25) is 0 Å². The van der Waals surface area contributed by atoms with E-state index in [1.165, 1.54) is 12.5 Å². The lowest BCUT2D eigenvalue weighted by atomic mass is 10.0. The van der Waals surface area contributed by atoms with Gasteiger partial charge in [0, 0.05) is 22.5 Å². The molecule has 0 unspecified atom stereocenters. The zero-order valence-electron chi connectivity index (χ0n) is 14.5. The van der Waals surface area contributed by atoms with Gasteiger partial charge in [0.1, 0.15) is 5.69 Å². The van der Waals surface area contributed by atoms with Crippen LogP contribution in [0.2, 0.25) is 5.02 Å². The van der Waals surface area contributed by atoms with E-state index in [1.54, 1.807) is 53.1 Å². The van der Waals surface area contributed by atoms with Crippen LogP contribution >= 0.6 is 11.6 Å². The summed E-state index contributed by atoms with van der Waals surface area (Å²) < 4.78 is 46.8. The summed E-state index contributed by atoms with van der Waals surface area (Å²) in [5, 5.41) is 13.0. The lowest BCUT2D eigenvalue weighted by Gasteiger charge is -2.05. The summed E-state index contributed by atoms with van der Waals surface area (Å²) in [6.07, 6.45) is -1.91. The molecule has 0 saturated heterocycles. The highest BCUT2D eigenvalue weighted by Crippen LogP contribution is 2.42. The molecule has 0 bridgehead atoms. The molecule has 0 aliphatic rings. The maximum atomic E-state index is 13.5. The van der Waals surface area contributed by atoms with Gasteiger partial charge in [-0.1, -0.05) is 28.9 Å². The third-order valence-corrected chi connectivity index (χ3v) is 4.45. The molecule has 144 valence electrons. The fourth-order valence-corrected chi connectivity index (χ4v) is 2.95. The number of rotatable bonds is 3. The first-order chi connectivity index (χ1) is 13.9. The van der Waals surface area contributed by atoms with E-state index in [-0.39, 0.29) is 17.0 Å². The molecule has 2 aromatic carbocycles. The predicted octanol–water partition coefficient (Wildman–Crippen LogP) is 5.74. The monoisotopic (exact) mass is 414 g/mol. The fourth-order valence-electron chi connectivity index (χ4n) is 2.83. The van der Waals surface area contributed by atoms with E-state index in [9.17, 15) is 13.2 Å². The zero-order valence-corrected chi connectivity index (χ0v) is 15.2. The highest BCUT2D eigenvalue weighted by atomic mass is 35.5. The molecule has 29 heavy (non-hydrogen) atoms. The van der Waals surface area contributed by atoms with Gasteiger partial charge < -0.3 is 9.09 Å². The largest absolute Gasteiger partial charge is 0.453 e. The van der Waals surface area contributed by atoms with Gasteiger partial charge in [-0.25, -0.2) is 4.98 Å². The molecule has 2 aromatic heterocycles. The van der Waals surface area contributed by atoms with Gasteiger partial charge in [-0.15, -0.1) is 0 Å². The molecule has 5 nitrogen and oxygen atoms in total. The highest BCUT2D eigenvalue weighted by molar-refractivity contribution is 6.30. The van der Waals surface area contributed by atoms with Crippen LogP contribution in [0.15, 0.2) is 65.6 Å². The van der Waals surface area contributed by atoms with E-state index in [4.69, 9.17) is 16.9 Å². The second kappa shape index (κ2) is 7.11. The number of benzene rings is 2. The average Bonchev–Trinajstić information content (AvgIpc) is 3.35. The Morgan fingerprint density at radius 1 is 1.03 bits per heavy atom. The van der Waals surface area contributed by atoms with Crippen molar-refractivity contribution in [3.8, 4) is 34.3 Å². The van der Waals surface area contributed by atoms with Crippen molar-refractivity contribution >= 4 is 11.6 Å². The topological polar surface area (TPSA) is 67.6 Å². The van der Waals surface area contributed by atoms with Crippen LogP contribution in [0.3, 0.4) is 0 Å². The van der Waals surface area contributed by atoms with Crippen molar-refractivity contribution in [3.05, 3.63) is 77.4 Å². The van der Waals surface area contributed by atoms with Crippen LogP contribution in [0.5, 0.6) is 0 Å². The molecule has 0 spiro atoms. The minimum absolute atomic E-state index is 0.0130. The second-order valence-electron chi connectivity index (χ2n) is 6.06. The van der Waals surface area contributed by atoms with Gasteiger partial charge in [0.15, 0.2) is 0 Å². The third-order valence-electron chi connectivity index (χ3n) is 4.20. The minimum atomic E-state index is -4.74. The number of alkyl halides is 3. The third kappa shape index (κ3) is 3.60. The van der Waals surface area contributed by atoms with Gasteiger partial charge in [0.05, 0.1) is 29.2 Å². The molecule has 0 aliphatic carbocycles. The van der Waals surface area contributed by atoms with E-state index in [1.807, 2.05) is 6.07 Å². The summed E-state index contributed by atoms with van der Waals surface area (Å²) in [4.78, 5) is 4.13. The molecule has 0 saturated carbocycles. The molecule has 0 fully saturated rings. The number of nitriles is 1. The molecule has 0 amide bonds. The Hall–Kier alpha value is -3.57. The molecule has 9 heteroatoms. The van der Waals surface area contributed by atoms with Gasteiger partial charge in [0.25, 0.3) is 0 Å².